The number of phenolic OH excluding ortho intramolecular Hbond substituents is 1. The summed E-state index contributed by atoms with van der Waals surface area (Å²) in [5, 5.41) is 15.9. The van der Waals surface area contributed by atoms with E-state index in [0.29, 0.717) is 5.75 Å². The second-order valence-corrected chi connectivity index (χ2v) is 6.08. The molecule has 23 heavy (non-hydrogen) atoms. The fourth-order valence-corrected chi connectivity index (χ4v) is 3.74. The Morgan fingerprint density at radius 3 is 2.52 bits per heavy atom. The highest BCUT2D eigenvalue weighted by atomic mass is 35.5. The molecule has 0 aliphatic carbocycles. The predicted molar refractivity (Wildman–Crippen MR) is 99.8 cm³/mol. The summed E-state index contributed by atoms with van der Waals surface area (Å²) in [7, 11) is 1.65. The fraction of sp³-hybridized carbons (Fsp3) is 0.375. The van der Waals surface area contributed by atoms with Crippen molar-refractivity contribution in [1.29, 1.82) is 0 Å². The van der Waals surface area contributed by atoms with Crippen molar-refractivity contribution in [1.82, 2.24) is 10.2 Å². The van der Waals surface area contributed by atoms with E-state index >= 15 is 0 Å². The third-order valence-electron chi connectivity index (χ3n) is 3.87. The number of hydrogen-bond acceptors (Lipinski definition) is 5. The number of ether oxygens (including phenoxy) is 1. The molecular weight excluding hydrogens is 355 g/mol. The van der Waals surface area contributed by atoms with Crippen LogP contribution in [0.2, 0.25) is 0 Å². The number of thiophene rings is 1. The van der Waals surface area contributed by atoms with E-state index in [4.69, 9.17) is 4.74 Å². The lowest BCUT2D eigenvalue weighted by Crippen LogP contribution is -2.45. The van der Waals surface area contributed by atoms with Crippen molar-refractivity contribution in [3.05, 3.63) is 46.2 Å². The minimum Gasteiger partial charge on any atom is -0.507 e. The number of phenols is 1. The van der Waals surface area contributed by atoms with Crippen LogP contribution in [0.5, 0.6) is 11.5 Å². The highest BCUT2D eigenvalue weighted by Crippen LogP contribution is 2.41. The van der Waals surface area contributed by atoms with E-state index in [1.165, 1.54) is 4.88 Å². The van der Waals surface area contributed by atoms with Gasteiger partial charge in [0.05, 0.1) is 18.7 Å². The summed E-state index contributed by atoms with van der Waals surface area (Å²) in [6.45, 7) is 3.86. The Kier molecular flexibility index (Phi) is 8.16. The molecule has 7 heteroatoms. The zero-order valence-electron chi connectivity index (χ0n) is 12.9. The molecule has 0 spiro atoms. The Morgan fingerprint density at radius 1 is 1.17 bits per heavy atom. The molecule has 0 bridgehead atoms. The van der Waals surface area contributed by atoms with Gasteiger partial charge in [-0.2, -0.15) is 0 Å². The van der Waals surface area contributed by atoms with Crippen molar-refractivity contribution < 1.29 is 9.84 Å². The molecule has 0 unspecified atom stereocenters. The maximum Gasteiger partial charge on any atom is 0.127 e. The zero-order valence-corrected chi connectivity index (χ0v) is 15.3. The molecule has 0 radical (unpaired) electrons. The molecule has 1 fully saturated rings. The molecular formula is C16H22Cl2N2O2S. The lowest BCUT2D eigenvalue weighted by Gasteiger charge is -2.35. The van der Waals surface area contributed by atoms with Crippen LogP contribution in [0.3, 0.4) is 0 Å². The molecule has 0 saturated carbocycles. The normalized spacial score (nSPS) is 16.0. The van der Waals surface area contributed by atoms with Crippen molar-refractivity contribution in [2.24, 2.45) is 0 Å². The Balaban J connectivity index is 0.00000132. The molecule has 0 amide bonds. The van der Waals surface area contributed by atoms with Gasteiger partial charge in [0.1, 0.15) is 11.5 Å². The number of benzene rings is 1. The number of rotatable bonds is 4. The number of hydrogen-bond donors (Lipinski definition) is 2. The monoisotopic (exact) mass is 376 g/mol. The molecule has 1 aliphatic heterocycles. The van der Waals surface area contributed by atoms with Crippen LogP contribution in [-0.2, 0) is 0 Å². The van der Waals surface area contributed by atoms with Gasteiger partial charge in [-0.05, 0) is 23.6 Å². The number of aromatic hydroxyl groups is 1. The van der Waals surface area contributed by atoms with Crippen LogP contribution in [0.25, 0.3) is 0 Å². The van der Waals surface area contributed by atoms with E-state index in [2.05, 4.69) is 27.7 Å². The first kappa shape index (κ1) is 20.1. The van der Waals surface area contributed by atoms with Crippen LogP contribution in [0, 0.1) is 0 Å². The van der Waals surface area contributed by atoms with Crippen LogP contribution in [0.15, 0.2) is 35.7 Å². The smallest absolute Gasteiger partial charge is 0.127 e. The molecule has 3 rings (SSSR count). The Morgan fingerprint density at radius 2 is 1.91 bits per heavy atom. The zero-order chi connectivity index (χ0) is 14.7. The van der Waals surface area contributed by atoms with Crippen molar-refractivity contribution in [3.63, 3.8) is 0 Å². The minimum absolute atomic E-state index is 0. The summed E-state index contributed by atoms with van der Waals surface area (Å²) >= 11 is 1.72. The summed E-state index contributed by atoms with van der Waals surface area (Å²) in [4.78, 5) is 3.64. The van der Waals surface area contributed by atoms with Gasteiger partial charge < -0.3 is 15.2 Å². The number of halogens is 2. The van der Waals surface area contributed by atoms with Crippen LogP contribution >= 0.6 is 36.2 Å². The van der Waals surface area contributed by atoms with E-state index in [-0.39, 0.29) is 30.9 Å². The number of piperazine rings is 1. The molecule has 2 aromatic rings. The van der Waals surface area contributed by atoms with Crippen molar-refractivity contribution >= 4 is 36.2 Å². The number of methoxy groups -OCH3 is 1. The molecule has 1 aliphatic rings. The van der Waals surface area contributed by atoms with E-state index < -0.39 is 0 Å². The minimum atomic E-state index is 0. The first-order valence-corrected chi connectivity index (χ1v) is 8.03. The molecule has 1 aromatic heterocycles. The van der Waals surface area contributed by atoms with E-state index in [1.807, 2.05) is 12.1 Å². The third-order valence-corrected chi connectivity index (χ3v) is 4.79. The van der Waals surface area contributed by atoms with Gasteiger partial charge in [0.25, 0.3) is 0 Å². The number of nitrogens with one attached hydrogen (secondary N) is 1. The maximum absolute atomic E-state index is 10.4. The molecule has 128 valence electrons. The van der Waals surface area contributed by atoms with Gasteiger partial charge in [-0.3, -0.25) is 4.90 Å². The lowest BCUT2D eigenvalue weighted by atomic mass is 10.0. The van der Waals surface area contributed by atoms with Crippen LogP contribution in [0.4, 0.5) is 0 Å². The third kappa shape index (κ3) is 4.31. The summed E-state index contributed by atoms with van der Waals surface area (Å²) < 4.78 is 5.50. The van der Waals surface area contributed by atoms with Gasteiger partial charge in [-0.25, -0.2) is 0 Å². The first-order valence-electron chi connectivity index (χ1n) is 7.15. The molecule has 1 atom stereocenters. The Hall–Kier alpha value is -0.980. The largest absolute Gasteiger partial charge is 0.507 e. The number of nitrogens with zero attached hydrogens (tertiary/aromatic N) is 1. The predicted octanol–water partition coefficient (Wildman–Crippen LogP) is 3.30. The van der Waals surface area contributed by atoms with E-state index in [9.17, 15) is 5.11 Å². The van der Waals surface area contributed by atoms with Gasteiger partial charge in [0.2, 0.25) is 0 Å². The molecule has 1 aromatic carbocycles. The van der Waals surface area contributed by atoms with Gasteiger partial charge in [-0.15, -0.1) is 36.2 Å². The van der Waals surface area contributed by atoms with Crippen molar-refractivity contribution in [2.75, 3.05) is 33.3 Å². The molecule has 2 N–H and O–H groups in total. The summed E-state index contributed by atoms with van der Waals surface area (Å²) in [5.41, 5.74) is 0.865. The van der Waals surface area contributed by atoms with Gasteiger partial charge in [0.15, 0.2) is 0 Å². The average Bonchev–Trinajstić information content (AvgIpc) is 3.04. The van der Waals surface area contributed by atoms with E-state index in [0.717, 1.165) is 37.5 Å². The quantitative estimate of drug-likeness (QED) is 0.858. The maximum atomic E-state index is 10.4. The van der Waals surface area contributed by atoms with Crippen LogP contribution < -0.4 is 10.1 Å². The highest BCUT2D eigenvalue weighted by Gasteiger charge is 2.29. The van der Waals surface area contributed by atoms with Crippen LogP contribution in [0.1, 0.15) is 16.5 Å². The molecule has 4 nitrogen and oxygen atoms in total. The SMILES string of the molecule is COc1cccc(O)c1[C@H](c1cccs1)N1CCNCC1.Cl.Cl. The summed E-state index contributed by atoms with van der Waals surface area (Å²) in [5.74, 6) is 1.04. The lowest BCUT2D eigenvalue weighted by molar-refractivity contribution is 0.195. The molecule has 2 heterocycles. The first-order chi connectivity index (χ1) is 10.3. The van der Waals surface area contributed by atoms with E-state index in [1.54, 1.807) is 24.5 Å². The topological polar surface area (TPSA) is 44.7 Å². The van der Waals surface area contributed by atoms with Crippen LogP contribution in [-0.4, -0.2) is 43.3 Å². The summed E-state index contributed by atoms with van der Waals surface area (Å²) in [6, 6.07) is 9.70. The van der Waals surface area contributed by atoms with Crippen molar-refractivity contribution in [2.45, 2.75) is 6.04 Å². The van der Waals surface area contributed by atoms with Gasteiger partial charge in [0, 0.05) is 31.1 Å². The standard InChI is InChI=1S/C16H20N2O2S.2ClH/c1-20-13-5-2-4-12(19)15(13)16(14-6-3-11-21-14)18-9-7-17-8-10-18;;/h2-6,11,16-17,19H,7-10H2,1H3;2*1H/t16-;;/m0../s1. The Labute approximate surface area is 153 Å². The fourth-order valence-electron chi connectivity index (χ4n) is 2.88. The highest BCUT2D eigenvalue weighted by molar-refractivity contribution is 7.10. The summed E-state index contributed by atoms with van der Waals surface area (Å²) in [6.07, 6.45) is 0. The Bertz CT molecular complexity index is 590. The van der Waals surface area contributed by atoms with Gasteiger partial charge >= 0.3 is 0 Å². The second kappa shape index (κ2) is 9.35. The average molecular weight is 377 g/mol. The molecule has 1 saturated heterocycles. The van der Waals surface area contributed by atoms with Crippen molar-refractivity contribution in [3.8, 4) is 11.5 Å². The second-order valence-electron chi connectivity index (χ2n) is 5.10. The van der Waals surface area contributed by atoms with Gasteiger partial charge in [-0.1, -0.05) is 12.1 Å².